The van der Waals surface area contributed by atoms with E-state index in [4.69, 9.17) is 9.47 Å². The zero-order chi connectivity index (χ0) is 18.1. The molecular formula is C17H27N2O5+. The molecule has 0 aromatic heterocycles. The van der Waals surface area contributed by atoms with E-state index in [1.165, 1.54) is 13.2 Å². The number of hydrogen-bond acceptors (Lipinski definition) is 5. The maximum Gasteiger partial charge on any atom is 0.365 e. The fourth-order valence-corrected chi connectivity index (χ4v) is 2.06. The summed E-state index contributed by atoms with van der Waals surface area (Å²) in [6, 6.07) is 4.39. The van der Waals surface area contributed by atoms with E-state index in [1.54, 1.807) is 12.1 Å². The van der Waals surface area contributed by atoms with Crippen LogP contribution in [0.4, 0.5) is 0 Å². The third kappa shape index (κ3) is 6.08. The van der Waals surface area contributed by atoms with Gasteiger partial charge in [0.15, 0.2) is 17.5 Å². The number of carbonyl (C=O) groups is 2. The lowest BCUT2D eigenvalue weighted by molar-refractivity contribution is -0.420. The molecule has 0 heterocycles. The highest BCUT2D eigenvalue weighted by atomic mass is 16.5. The van der Waals surface area contributed by atoms with Crippen LogP contribution in [-0.2, 0) is 20.7 Å². The first-order chi connectivity index (χ1) is 11.4. The van der Waals surface area contributed by atoms with Crippen LogP contribution in [0.1, 0.15) is 25.8 Å². The largest absolute Gasteiger partial charge is 0.504 e. The van der Waals surface area contributed by atoms with E-state index < -0.39 is 6.04 Å². The second kappa shape index (κ2) is 9.77. The SMILES string of the molecule is CCC(C)[C@H]([NH3+])C(=O)OCCNC(=O)Cc1ccc(OC)c(O)c1. The predicted molar refractivity (Wildman–Crippen MR) is 88.5 cm³/mol. The second-order valence-electron chi connectivity index (χ2n) is 5.69. The average Bonchev–Trinajstić information content (AvgIpc) is 2.57. The molecule has 1 amide bonds. The lowest BCUT2D eigenvalue weighted by Crippen LogP contribution is -2.68. The smallest absolute Gasteiger partial charge is 0.365 e. The summed E-state index contributed by atoms with van der Waals surface area (Å²) in [5.74, 6) is -0.0596. The minimum absolute atomic E-state index is 0.0109. The van der Waals surface area contributed by atoms with Crippen molar-refractivity contribution in [2.45, 2.75) is 32.7 Å². The van der Waals surface area contributed by atoms with Gasteiger partial charge < -0.3 is 25.6 Å². The number of rotatable bonds is 9. The Morgan fingerprint density at radius 3 is 2.67 bits per heavy atom. The molecule has 0 radical (unpaired) electrons. The second-order valence-corrected chi connectivity index (χ2v) is 5.69. The van der Waals surface area contributed by atoms with Gasteiger partial charge in [0, 0.05) is 5.92 Å². The van der Waals surface area contributed by atoms with Crippen LogP contribution in [-0.4, -0.2) is 43.3 Å². The molecule has 0 saturated heterocycles. The Kier molecular flexibility index (Phi) is 8.05. The molecule has 1 rings (SSSR count). The Hall–Kier alpha value is -2.28. The number of phenols is 1. The molecule has 1 aromatic rings. The number of aromatic hydroxyl groups is 1. The van der Waals surface area contributed by atoms with E-state index in [-0.39, 0.29) is 43.1 Å². The molecule has 2 atom stereocenters. The van der Waals surface area contributed by atoms with Gasteiger partial charge in [0.25, 0.3) is 0 Å². The maximum atomic E-state index is 11.8. The molecule has 7 heteroatoms. The van der Waals surface area contributed by atoms with Gasteiger partial charge >= 0.3 is 5.97 Å². The van der Waals surface area contributed by atoms with E-state index in [0.29, 0.717) is 11.3 Å². The fraction of sp³-hybridized carbons (Fsp3) is 0.529. The molecule has 0 aliphatic rings. The highest BCUT2D eigenvalue weighted by molar-refractivity contribution is 5.79. The Morgan fingerprint density at radius 1 is 1.38 bits per heavy atom. The first kappa shape index (κ1) is 19.8. The number of hydrogen-bond donors (Lipinski definition) is 3. The van der Waals surface area contributed by atoms with Gasteiger partial charge in [-0.1, -0.05) is 19.9 Å². The van der Waals surface area contributed by atoms with Gasteiger partial charge in [-0.25, -0.2) is 4.79 Å². The van der Waals surface area contributed by atoms with Crippen molar-refractivity contribution in [3.05, 3.63) is 23.8 Å². The summed E-state index contributed by atoms with van der Waals surface area (Å²) in [6.45, 7) is 4.29. The number of carbonyl (C=O) groups excluding carboxylic acids is 2. The third-order valence-corrected chi connectivity index (χ3v) is 3.91. The molecule has 0 saturated carbocycles. The molecule has 134 valence electrons. The zero-order valence-electron chi connectivity index (χ0n) is 14.5. The van der Waals surface area contributed by atoms with Crippen molar-refractivity contribution in [3.63, 3.8) is 0 Å². The van der Waals surface area contributed by atoms with E-state index in [0.717, 1.165) is 6.42 Å². The minimum Gasteiger partial charge on any atom is -0.504 e. The van der Waals surface area contributed by atoms with E-state index in [9.17, 15) is 14.7 Å². The molecule has 24 heavy (non-hydrogen) atoms. The van der Waals surface area contributed by atoms with Crippen molar-refractivity contribution in [1.29, 1.82) is 0 Å². The lowest BCUT2D eigenvalue weighted by atomic mass is 10.0. The van der Waals surface area contributed by atoms with Gasteiger partial charge in [-0.2, -0.15) is 0 Å². The highest BCUT2D eigenvalue weighted by Crippen LogP contribution is 2.26. The standard InChI is InChI=1S/C17H26N2O5/c1-4-11(2)16(18)17(22)24-8-7-19-15(21)10-12-5-6-14(23-3)13(20)9-12/h5-6,9,11,16,20H,4,7-8,10,18H2,1-3H3,(H,19,21)/p+1/t11?,16-/m0/s1. The van der Waals surface area contributed by atoms with Crippen LogP contribution in [0.2, 0.25) is 0 Å². The molecule has 1 unspecified atom stereocenters. The molecule has 0 bridgehead atoms. The van der Waals surface area contributed by atoms with E-state index >= 15 is 0 Å². The van der Waals surface area contributed by atoms with Crippen LogP contribution in [0.15, 0.2) is 18.2 Å². The van der Waals surface area contributed by atoms with E-state index in [2.05, 4.69) is 11.1 Å². The summed E-state index contributed by atoms with van der Waals surface area (Å²) in [7, 11) is 1.46. The average molecular weight is 339 g/mol. The van der Waals surface area contributed by atoms with Gasteiger partial charge in [0.05, 0.1) is 20.1 Å². The van der Waals surface area contributed by atoms with Gasteiger partial charge in [-0.05, 0) is 24.1 Å². The number of benzene rings is 1. The van der Waals surface area contributed by atoms with Gasteiger partial charge in [-0.15, -0.1) is 0 Å². The number of methoxy groups -OCH3 is 1. The summed E-state index contributed by atoms with van der Waals surface area (Å²) < 4.78 is 10.1. The van der Waals surface area contributed by atoms with Crippen molar-refractivity contribution >= 4 is 11.9 Å². The normalized spacial score (nSPS) is 13.0. The minimum atomic E-state index is -0.395. The van der Waals surface area contributed by atoms with Gasteiger partial charge in [0.2, 0.25) is 5.91 Å². The molecule has 0 aliphatic carbocycles. The third-order valence-electron chi connectivity index (χ3n) is 3.91. The fourth-order valence-electron chi connectivity index (χ4n) is 2.06. The van der Waals surface area contributed by atoms with Gasteiger partial charge in [0.1, 0.15) is 6.61 Å². The first-order valence-electron chi connectivity index (χ1n) is 8.01. The number of amides is 1. The lowest BCUT2D eigenvalue weighted by Gasteiger charge is -2.14. The Bertz CT molecular complexity index is 562. The number of quaternary nitrogens is 1. The summed E-state index contributed by atoms with van der Waals surface area (Å²) in [4.78, 5) is 23.6. The number of esters is 1. The zero-order valence-corrected chi connectivity index (χ0v) is 14.5. The number of nitrogens with one attached hydrogen (secondary N) is 1. The highest BCUT2D eigenvalue weighted by Gasteiger charge is 2.24. The summed E-state index contributed by atoms with van der Waals surface area (Å²) in [6.07, 6.45) is 0.977. The molecule has 0 spiro atoms. The van der Waals surface area contributed by atoms with Crippen LogP contribution in [0, 0.1) is 5.92 Å². The number of phenolic OH excluding ortho intramolecular Hbond substituents is 1. The van der Waals surface area contributed by atoms with Crippen molar-refractivity contribution < 1.29 is 29.9 Å². The molecule has 1 aromatic carbocycles. The molecule has 0 fully saturated rings. The number of ether oxygens (including phenoxy) is 2. The van der Waals surface area contributed by atoms with Crippen molar-refractivity contribution in [2.24, 2.45) is 5.92 Å². The van der Waals surface area contributed by atoms with Crippen molar-refractivity contribution in [3.8, 4) is 11.5 Å². The molecular weight excluding hydrogens is 312 g/mol. The quantitative estimate of drug-likeness (QED) is 0.441. The summed E-state index contributed by atoms with van der Waals surface area (Å²) in [5, 5.41) is 12.3. The molecule has 5 N–H and O–H groups in total. The Labute approximate surface area is 142 Å². The van der Waals surface area contributed by atoms with Gasteiger partial charge in [-0.3, -0.25) is 4.79 Å². The predicted octanol–water partition coefficient (Wildman–Crippen LogP) is 0.259. The van der Waals surface area contributed by atoms with E-state index in [1.807, 2.05) is 13.8 Å². The van der Waals surface area contributed by atoms with Crippen molar-refractivity contribution in [2.75, 3.05) is 20.3 Å². The van der Waals surface area contributed by atoms with Crippen LogP contribution >= 0.6 is 0 Å². The topological polar surface area (TPSA) is 112 Å². The summed E-state index contributed by atoms with van der Waals surface area (Å²) >= 11 is 0. The molecule has 7 nitrogen and oxygen atoms in total. The Morgan fingerprint density at radius 2 is 2.08 bits per heavy atom. The van der Waals surface area contributed by atoms with Crippen LogP contribution < -0.4 is 15.8 Å². The Balaban J connectivity index is 2.32. The first-order valence-corrected chi connectivity index (χ1v) is 8.01. The van der Waals surface area contributed by atoms with Crippen LogP contribution in [0.5, 0.6) is 11.5 Å². The van der Waals surface area contributed by atoms with Crippen LogP contribution in [0.25, 0.3) is 0 Å². The molecule has 0 aliphatic heterocycles. The maximum absolute atomic E-state index is 11.8. The monoisotopic (exact) mass is 339 g/mol. The van der Waals surface area contributed by atoms with Crippen molar-refractivity contribution in [1.82, 2.24) is 5.32 Å². The van der Waals surface area contributed by atoms with Crippen LogP contribution in [0.3, 0.4) is 0 Å². The summed E-state index contributed by atoms with van der Waals surface area (Å²) in [5.41, 5.74) is 4.47.